The van der Waals surface area contributed by atoms with E-state index in [1.54, 1.807) is 0 Å². The van der Waals surface area contributed by atoms with Gasteiger partial charge in [-0.2, -0.15) is 10.5 Å². The first-order valence-electron chi connectivity index (χ1n) is 15.7. The van der Waals surface area contributed by atoms with Crippen molar-refractivity contribution in [2.45, 2.75) is 5.41 Å². The van der Waals surface area contributed by atoms with Gasteiger partial charge in [0.2, 0.25) is 0 Å². The predicted molar refractivity (Wildman–Crippen MR) is 189 cm³/mol. The summed E-state index contributed by atoms with van der Waals surface area (Å²) in [5.41, 5.74) is 13.4. The number of nitrogens with zero attached hydrogens (tertiary/aromatic N) is 2. The van der Waals surface area contributed by atoms with Gasteiger partial charge in [-0.3, -0.25) is 0 Å². The van der Waals surface area contributed by atoms with Crippen LogP contribution in [0.25, 0.3) is 44.5 Å². The molecule has 0 heterocycles. The fraction of sp³-hybridized carbons (Fsp3) is 0.0222. The molecule has 8 rings (SSSR count). The summed E-state index contributed by atoms with van der Waals surface area (Å²) in [7, 11) is 0. The normalized spacial score (nSPS) is 12.4. The molecule has 0 atom stereocenters. The van der Waals surface area contributed by atoms with Gasteiger partial charge in [-0.1, -0.05) is 140 Å². The molecule has 0 aromatic heterocycles. The zero-order chi connectivity index (χ0) is 31.8. The van der Waals surface area contributed by atoms with Crippen molar-refractivity contribution < 1.29 is 0 Å². The van der Waals surface area contributed by atoms with E-state index in [0.29, 0.717) is 11.1 Å². The minimum atomic E-state index is -0.632. The lowest BCUT2D eigenvalue weighted by Gasteiger charge is -2.34. The molecule has 0 saturated heterocycles. The molecule has 7 aromatic rings. The van der Waals surface area contributed by atoms with Crippen LogP contribution < -0.4 is 0 Å². The van der Waals surface area contributed by atoms with E-state index >= 15 is 0 Å². The first-order valence-corrected chi connectivity index (χ1v) is 15.7. The standard InChI is InChI=1S/C45H28N2/c46-29-31-21-23-38-39-24-22-34(28-44(39)45(43(38)25-31,36-17-9-3-10-18-36)37-19-11-4-12-20-37)35-26-40(32-13-5-1-6-14-32)42(30-47)41(27-35)33-15-7-2-8-16-33/h1-28H. The Hall–Kier alpha value is -6.48. The summed E-state index contributed by atoms with van der Waals surface area (Å²) in [6.45, 7) is 0. The monoisotopic (exact) mass is 596 g/mol. The predicted octanol–water partition coefficient (Wildman–Crippen LogP) is 10.8. The Morgan fingerprint density at radius 1 is 0.362 bits per heavy atom. The SMILES string of the molecule is N#Cc1ccc2c(c1)C(c1ccccc1)(c1ccccc1)c1cc(-c3cc(-c4ccccc4)c(C#N)c(-c4ccccc4)c3)ccc1-2. The smallest absolute Gasteiger partial charge is 0.100 e. The lowest BCUT2D eigenvalue weighted by atomic mass is 9.67. The Kier molecular flexibility index (Phi) is 6.84. The van der Waals surface area contributed by atoms with E-state index < -0.39 is 5.41 Å². The molecule has 0 fully saturated rings. The van der Waals surface area contributed by atoms with Crippen LogP contribution >= 0.6 is 0 Å². The fourth-order valence-electron chi connectivity index (χ4n) is 7.36. The van der Waals surface area contributed by atoms with Crippen molar-refractivity contribution >= 4 is 0 Å². The van der Waals surface area contributed by atoms with Crippen LogP contribution in [0.5, 0.6) is 0 Å². The lowest BCUT2D eigenvalue weighted by molar-refractivity contribution is 0.768. The molecule has 7 aromatic carbocycles. The number of benzene rings is 7. The molecule has 0 unspecified atom stereocenters. The molecule has 1 aliphatic rings. The second-order valence-electron chi connectivity index (χ2n) is 11.9. The molecule has 0 spiro atoms. The fourth-order valence-corrected chi connectivity index (χ4v) is 7.36. The van der Waals surface area contributed by atoms with E-state index in [2.05, 4.69) is 127 Å². The van der Waals surface area contributed by atoms with E-state index in [1.807, 2.05) is 54.6 Å². The van der Waals surface area contributed by atoms with E-state index in [4.69, 9.17) is 0 Å². The summed E-state index contributed by atoms with van der Waals surface area (Å²) in [4.78, 5) is 0. The summed E-state index contributed by atoms with van der Waals surface area (Å²) in [6.07, 6.45) is 0. The molecule has 0 radical (unpaired) electrons. The average molecular weight is 597 g/mol. The first-order chi connectivity index (χ1) is 23.2. The number of hydrogen-bond donors (Lipinski definition) is 0. The highest BCUT2D eigenvalue weighted by molar-refractivity contribution is 5.91. The van der Waals surface area contributed by atoms with Crippen molar-refractivity contribution in [1.82, 2.24) is 0 Å². The summed E-state index contributed by atoms with van der Waals surface area (Å²) < 4.78 is 0. The van der Waals surface area contributed by atoms with Gasteiger partial charge < -0.3 is 0 Å². The van der Waals surface area contributed by atoms with Gasteiger partial charge in [-0.25, -0.2) is 0 Å². The van der Waals surface area contributed by atoms with Gasteiger partial charge in [0, 0.05) is 11.1 Å². The van der Waals surface area contributed by atoms with Crippen LogP contribution in [0.2, 0.25) is 0 Å². The van der Waals surface area contributed by atoms with Crippen molar-refractivity contribution in [3.8, 4) is 56.6 Å². The van der Waals surface area contributed by atoms with E-state index in [-0.39, 0.29) is 0 Å². The maximum absolute atomic E-state index is 10.5. The van der Waals surface area contributed by atoms with Gasteiger partial charge in [0.1, 0.15) is 6.07 Å². The minimum absolute atomic E-state index is 0.632. The van der Waals surface area contributed by atoms with Gasteiger partial charge in [0.15, 0.2) is 0 Å². The van der Waals surface area contributed by atoms with E-state index in [1.165, 1.54) is 5.56 Å². The Bertz CT molecular complexity index is 2240. The maximum Gasteiger partial charge on any atom is 0.100 e. The highest BCUT2D eigenvalue weighted by Crippen LogP contribution is 2.57. The number of fused-ring (bicyclic) bond motifs is 3. The second-order valence-corrected chi connectivity index (χ2v) is 11.9. The van der Waals surface area contributed by atoms with Crippen LogP contribution in [0, 0.1) is 22.7 Å². The minimum Gasteiger partial charge on any atom is -0.192 e. The number of nitriles is 2. The van der Waals surface area contributed by atoms with Crippen LogP contribution in [-0.4, -0.2) is 0 Å². The molecule has 0 bridgehead atoms. The highest BCUT2D eigenvalue weighted by atomic mass is 14.5. The van der Waals surface area contributed by atoms with Crippen molar-refractivity contribution in [2.24, 2.45) is 0 Å². The van der Waals surface area contributed by atoms with Crippen molar-refractivity contribution in [3.63, 3.8) is 0 Å². The van der Waals surface area contributed by atoms with Crippen molar-refractivity contribution in [1.29, 1.82) is 10.5 Å². The Morgan fingerprint density at radius 2 is 0.830 bits per heavy atom. The summed E-state index contributed by atoms with van der Waals surface area (Å²) >= 11 is 0. The van der Waals surface area contributed by atoms with Gasteiger partial charge in [0.25, 0.3) is 0 Å². The molecule has 47 heavy (non-hydrogen) atoms. The largest absolute Gasteiger partial charge is 0.192 e. The number of hydrogen-bond acceptors (Lipinski definition) is 2. The molecule has 2 nitrogen and oxygen atoms in total. The molecular weight excluding hydrogens is 569 g/mol. The third kappa shape index (κ3) is 4.47. The maximum atomic E-state index is 10.5. The van der Waals surface area contributed by atoms with Crippen molar-refractivity contribution in [3.05, 3.63) is 203 Å². The van der Waals surface area contributed by atoms with Crippen LogP contribution in [0.1, 0.15) is 33.4 Å². The van der Waals surface area contributed by atoms with Gasteiger partial charge >= 0.3 is 0 Å². The quantitative estimate of drug-likeness (QED) is 0.198. The zero-order valence-electron chi connectivity index (χ0n) is 25.6. The Balaban J connectivity index is 1.45. The van der Waals surface area contributed by atoms with Crippen LogP contribution in [0.3, 0.4) is 0 Å². The van der Waals surface area contributed by atoms with Gasteiger partial charge in [0.05, 0.1) is 22.6 Å². The lowest BCUT2D eigenvalue weighted by Crippen LogP contribution is -2.28. The molecule has 1 aliphatic carbocycles. The zero-order valence-corrected chi connectivity index (χ0v) is 25.6. The second kappa shape index (κ2) is 11.5. The number of rotatable bonds is 5. The average Bonchev–Trinajstić information content (AvgIpc) is 3.45. The van der Waals surface area contributed by atoms with Gasteiger partial charge in [-0.15, -0.1) is 0 Å². The summed E-state index contributed by atoms with van der Waals surface area (Å²) in [5.74, 6) is 0. The first kappa shape index (κ1) is 28.0. The van der Waals surface area contributed by atoms with Gasteiger partial charge in [-0.05, 0) is 86.0 Å². The van der Waals surface area contributed by atoms with E-state index in [0.717, 1.165) is 61.2 Å². The third-order valence-electron chi connectivity index (χ3n) is 9.43. The molecule has 0 aliphatic heterocycles. The van der Waals surface area contributed by atoms with Crippen LogP contribution in [0.4, 0.5) is 0 Å². The topological polar surface area (TPSA) is 47.6 Å². The van der Waals surface area contributed by atoms with E-state index in [9.17, 15) is 10.5 Å². The molecule has 0 N–H and O–H groups in total. The summed E-state index contributed by atoms with van der Waals surface area (Å²) in [5, 5.41) is 20.5. The third-order valence-corrected chi connectivity index (χ3v) is 9.43. The Morgan fingerprint density at radius 3 is 1.32 bits per heavy atom. The highest BCUT2D eigenvalue weighted by Gasteiger charge is 2.46. The van der Waals surface area contributed by atoms with Crippen LogP contribution in [-0.2, 0) is 5.41 Å². The molecule has 0 amide bonds. The van der Waals surface area contributed by atoms with Crippen molar-refractivity contribution in [2.75, 3.05) is 0 Å². The summed E-state index contributed by atoms with van der Waals surface area (Å²) in [6, 6.07) is 63.6. The molecule has 2 heteroatoms. The molecule has 218 valence electrons. The Labute approximate surface area is 275 Å². The molecular formula is C45H28N2. The van der Waals surface area contributed by atoms with Crippen LogP contribution in [0.15, 0.2) is 170 Å². The molecule has 0 saturated carbocycles.